The van der Waals surface area contributed by atoms with Gasteiger partial charge in [0.05, 0.1) is 0 Å². The van der Waals surface area contributed by atoms with E-state index in [-0.39, 0.29) is 11.8 Å². The number of aromatic amines is 1. The molecule has 2 amide bonds. The van der Waals surface area contributed by atoms with Crippen molar-refractivity contribution in [2.24, 2.45) is 5.41 Å². The van der Waals surface area contributed by atoms with Gasteiger partial charge in [-0.25, -0.2) is 0 Å². The Hall–Kier alpha value is -2.30. The summed E-state index contributed by atoms with van der Waals surface area (Å²) in [5.74, 6) is -0.260. The van der Waals surface area contributed by atoms with Crippen molar-refractivity contribution in [2.75, 3.05) is 19.6 Å². The molecule has 5 nitrogen and oxygen atoms in total. The first-order chi connectivity index (χ1) is 11.5. The van der Waals surface area contributed by atoms with Crippen molar-refractivity contribution in [3.63, 3.8) is 0 Å². The van der Waals surface area contributed by atoms with E-state index in [0.29, 0.717) is 6.54 Å². The van der Waals surface area contributed by atoms with E-state index in [1.807, 2.05) is 24.4 Å². The van der Waals surface area contributed by atoms with Gasteiger partial charge in [0.1, 0.15) is 5.41 Å². The van der Waals surface area contributed by atoms with Crippen LogP contribution in [0, 0.1) is 5.41 Å². The van der Waals surface area contributed by atoms with Crippen molar-refractivity contribution >= 4 is 22.7 Å². The van der Waals surface area contributed by atoms with Gasteiger partial charge in [-0.1, -0.05) is 18.2 Å². The van der Waals surface area contributed by atoms with Crippen LogP contribution in [0.2, 0.25) is 0 Å². The van der Waals surface area contributed by atoms with E-state index in [1.165, 1.54) is 10.9 Å². The van der Waals surface area contributed by atoms with Crippen molar-refractivity contribution < 1.29 is 9.59 Å². The average Bonchev–Trinajstić information content (AvgIpc) is 3.24. The lowest BCUT2D eigenvalue weighted by Crippen LogP contribution is -2.49. The molecule has 0 atom stereocenters. The van der Waals surface area contributed by atoms with Crippen LogP contribution in [0.25, 0.3) is 10.9 Å². The van der Waals surface area contributed by atoms with Gasteiger partial charge in [-0.05, 0) is 44.7 Å². The predicted molar refractivity (Wildman–Crippen MR) is 94.6 cm³/mol. The molecule has 1 fully saturated rings. The second kappa shape index (κ2) is 6.67. The van der Waals surface area contributed by atoms with E-state index < -0.39 is 5.41 Å². The Labute approximate surface area is 142 Å². The van der Waals surface area contributed by atoms with Gasteiger partial charge in [-0.2, -0.15) is 0 Å². The van der Waals surface area contributed by atoms with Crippen LogP contribution in [0.1, 0.15) is 32.3 Å². The lowest BCUT2D eigenvalue weighted by atomic mass is 9.90. The summed E-state index contributed by atoms with van der Waals surface area (Å²) in [5.41, 5.74) is 1.27. The maximum atomic E-state index is 12.5. The van der Waals surface area contributed by atoms with E-state index in [9.17, 15) is 9.59 Å². The lowest BCUT2D eigenvalue weighted by Gasteiger charge is -2.28. The number of nitrogens with zero attached hydrogens (tertiary/aromatic N) is 1. The predicted octanol–water partition coefficient (Wildman–Crippen LogP) is 2.48. The normalized spacial score (nSPS) is 15.0. The van der Waals surface area contributed by atoms with Gasteiger partial charge in [0.25, 0.3) is 0 Å². The molecular weight excluding hydrogens is 302 g/mol. The molecule has 1 aromatic heterocycles. The largest absolute Gasteiger partial charge is 0.361 e. The summed E-state index contributed by atoms with van der Waals surface area (Å²) in [5, 5.41) is 4.11. The minimum absolute atomic E-state index is 0.0652. The first-order valence-corrected chi connectivity index (χ1v) is 8.63. The summed E-state index contributed by atoms with van der Waals surface area (Å²) in [4.78, 5) is 30.1. The van der Waals surface area contributed by atoms with E-state index in [2.05, 4.69) is 16.4 Å². The molecule has 0 radical (unpaired) electrons. The number of rotatable bonds is 5. The van der Waals surface area contributed by atoms with Crippen molar-refractivity contribution in [1.82, 2.24) is 15.2 Å². The van der Waals surface area contributed by atoms with Gasteiger partial charge in [0.2, 0.25) is 11.8 Å². The number of likely N-dealkylation sites (tertiary alicyclic amines) is 1. The van der Waals surface area contributed by atoms with Crippen molar-refractivity contribution in [2.45, 2.75) is 33.1 Å². The molecule has 1 saturated heterocycles. The first kappa shape index (κ1) is 16.6. The van der Waals surface area contributed by atoms with E-state index in [0.717, 1.165) is 37.9 Å². The second-order valence-electron chi connectivity index (χ2n) is 6.99. The van der Waals surface area contributed by atoms with E-state index >= 15 is 0 Å². The number of amides is 2. The highest BCUT2D eigenvalue weighted by Crippen LogP contribution is 2.23. The quantitative estimate of drug-likeness (QED) is 0.829. The Morgan fingerprint density at radius 2 is 1.92 bits per heavy atom. The number of carbonyl (C=O) groups excluding carboxylic acids is 2. The minimum atomic E-state index is -1.01. The highest BCUT2D eigenvalue weighted by Gasteiger charge is 2.39. The van der Waals surface area contributed by atoms with Gasteiger partial charge < -0.3 is 15.2 Å². The number of hydrogen-bond donors (Lipinski definition) is 2. The zero-order valence-corrected chi connectivity index (χ0v) is 14.4. The summed E-state index contributed by atoms with van der Waals surface area (Å²) in [6.45, 7) is 5.50. The Balaban J connectivity index is 1.57. The lowest BCUT2D eigenvalue weighted by molar-refractivity contribution is -0.147. The second-order valence-corrected chi connectivity index (χ2v) is 6.99. The van der Waals surface area contributed by atoms with Gasteiger partial charge in [0.15, 0.2) is 0 Å². The van der Waals surface area contributed by atoms with E-state index in [4.69, 9.17) is 0 Å². The molecule has 1 aliphatic rings. The highest BCUT2D eigenvalue weighted by atomic mass is 16.2. The molecule has 5 heteroatoms. The van der Waals surface area contributed by atoms with Crippen molar-refractivity contribution in [3.8, 4) is 0 Å². The summed E-state index contributed by atoms with van der Waals surface area (Å²) in [6, 6.07) is 8.12. The van der Waals surface area contributed by atoms with Crippen LogP contribution >= 0.6 is 0 Å². The summed E-state index contributed by atoms with van der Waals surface area (Å²) in [7, 11) is 0. The van der Waals surface area contributed by atoms with Crippen LogP contribution in [0.3, 0.4) is 0 Å². The summed E-state index contributed by atoms with van der Waals surface area (Å²) < 4.78 is 0. The van der Waals surface area contributed by atoms with E-state index in [1.54, 1.807) is 18.7 Å². The number of hydrogen-bond acceptors (Lipinski definition) is 2. The Kier molecular flexibility index (Phi) is 4.60. The third-order valence-electron chi connectivity index (χ3n) is 4.85. The molecule has 0 bridgehead atoms. The zero-order valence-electron chi connectivity index (χ0n) is 14.4. The number of carbonyl (C=O) groups is 2. The van der Waals surface area contributed by atoms with Gasteiger partial charge in [-0.15, -0.1) is 0 Å². The molecule has 0 unspecified atom stereocenters. The zero-order chi connectivity index (χ0) is 17.2. The van der Waals surface area contributed by atoms with Crippen molar-refractivity contribution in [3.05, 3.63) is 36.0 Å². The monoisotopic (exact) mass is 327 g/mol. The number of H-pyrrole nitrogens is 1. The van der Waals surface area contributed by atoms with Crippen LogP contribution < -0.4 is 5.32 Å². The number of fused-ring (bicyclic) bond motifs is 1. The molecule has 3 rings (SSSR count). The highest BCUT2D eigenvalue weighted by molar-refractivity contribution is 6.04. The van der Waals surface area contributed by atoms with Crippen LogP contribution in [0.15, 0.2) is 30.5 Å². The van der Waals surface area contributed by atoms with Gasteiger partial charge in [0, 0.05) is 36.7 Å². The molecule has 24 heavy (non-hydrogen) atoms. The van der Waals surface area contributed by atoms with Crippen LogP contribution in [-0.2, 0) is 16.0 Å². The standard InChI is InChI=1S/C19H25N3O2/c1-19(2,18(24)22-11-5-6-12-22)17(23)20-10-9-14-13-21-16-8-4-3-7-15(14)16/h3-4,7-8,13,21H,5-6,9-12H2,1-2H3,(H,20,23). The molecular formula is C19H25N3O2. The molecule has 2 aromatic rings. The Morgan fingerprint density at radius 3 is 2.67 bits per heavy atom. The summed E-state index contributed by atoms with van der Waals surface area (Å²) >= 11 is 0. The smallest absolute Gasteiger partial charge is 0.237 e. The Morgan fingerprint density at radius 1 is 1.21 bits per heavy atom. The molecule has 2 heterocycles. The Bertz CT molecular complexity index is 742. The number of nitrogens with one attached hydrogen (secondary N) is 2. The average molecular weight is 327 g/mol. The summed E-state index contributed by atoms with van der Waals surface area (Å²) in [6.07, 6.45) is 4.79. The maximum absolute atomic E-state index is 12.5. The molecule has 2 N–H and O–H groups in total. The maximum Gasteiger partial charge on any atom is 0.237 e. The molecule has 0 saturated carbocycles. The third-order valence-corrected chi connectivity index (χ3v) is 4.85. The fourth-order valence-electron chi connectivity index (χ4n) is 3.28. The molecule has 0 aliphatic carbocycles. The minimum Gasteiger partial charge on any atom is -0.361 e. The number of para-hydroxylation sites is 1. The SMILES string of the molecule is CC(C)(C(=O)NCCc1c[nH]c2ccccc12)C(=O)N1CCCC1. The number of benzene rings is 1. The molecule has 1 aromatic carbocycles. The van der Waals surface area contributed by atoms with Crippen LogP contribution in [-0.4, -0.2) is 41.3 Å². The number of aromatic nitrogens is 1. The van der Waals surface area contributed by atoms with Crippen molar-refractivity contribution in [1.29, 1.82) is 0 Å². The molecule has 0 spiro atoms. The van der Waals surface area contributed by atoms with Gasteiger partial charge >= 0.3 is 0 Å². The molecule has 128 valence electrons. The van der Waals surface area contributed by atoms with Crippen LogP contribution in [0.5, 0.6) is 0 Å². The van der Waals surface area contributed by atoms with Crippen LogP contribution in [0.4, 0.5) is 0 Å². The fraction of sp³-hybridized carbons (Fsp3) is 0.474. The topological polar surface area (TPSA) is 65.2 Å². The third kappa shape index (κ3) is 3.16. The fourth-order valence-corrected chi connectivity index (χ4v) is 3.28. The first-order valence-electron chi connectivity index (χ1n) is 8.63. The van der Waals surface area contributed by atoms with Gasteiger partial charge in [-0.3, -0.25) is 9.59 Å². The molecule has 1 aliphatic heterocycles.